The summed E-state index contributed by atoms with van der Waals surface area (Å²) < 4.78 is 6.60. The zero-order chi connectivity index (χ0) is 15.7. The van der Waals surface area contributed by atoms with E-state index in [1.54, 1.807) is 18.2 Å². The lowest BCUT2D eigenvalue weighted by atomic mass is 10.1. The number of fused-ring (bicyclic) bond motifs is 1. The standard InChI is InChI=1S/C13H12ClN5O3/c1-22-7-2-3-8(14)9(4-7)16-12(21)10-5-11(20)17-13-18-15-6-19(10)13/h2-4,6,10H,5H2,1H3,(H,16,21)(H,17,18,20)/t10-/m0/s1. The molecule has 3 rings (SSSR count). The number of hydrogen-bond acceptors (Lipinski definition) is 5. The Labute approximate surface area is 130 Å². The van der Waals surface area contributed by atoms with Crippen LogP contribution in [0.4, 0.5) is 11.6 Å². The molecule has 1 atom stereocenters. The van der Waals surface area contributed by atoms with Crippen LogP contribution in [0.3, 0.4) is 0 Å². The number of ether oxygens (including phenoxy) is 1. The van der Waals surface area contributed by atoms with Crippen molar-refractivity contribution in [1.82, 2.24) is 14.8 Å². The molecule has 2 amide bonds. The Kier molecular flexibility index (Phi) is 3.68. The Balaban J connectivity index is 1.85. The average molecular weight is 322 g/mol. The first-order valence-corrected chi connectivity index (χ1v) is 6.80. The molecule has 0 aliphatic carbocycles. The van der Waals surface area contributed by atoms with Gasteiger partial charge >= 0.3 is 0 Å². The summed E-state index contributed by atoms with van der Waals surface area (Å²) in [5.74, 6) is 0.127. The molecular weight excluding hydrogens is 310 g/mol. The minimum atomic E-state index is -0.735. The first kappa shape index (κ1) is 14.3. The maximum Gasteiger partial charge on any atom is 0.248 e. The molecule has 0 radical (unpaired) electrons. The van der Waals surface area contributed by atoms with Gasteiger partial charge in [0.25, 0.3) is 0 Å². The zero-order valence-electron chi connectivity index (χ0n) is 11.5. The van der Waals surface area contributed by atoms with Crippen molar-refractivity contribution in [3.05, 3.63) is 29.5 Å². The summed E-state index contributed by atoms with van der Waals surface area (Å²) in [5, 5.41) is 13.1. The van der Waals surface area contributed by atoms with E-state index in [0.717, 1.165) is 0 Å². The number of anilines is 2. The molecule has 8 nitrogen and oxygen atoms in total. The largest absolute Gasteiger partial charge is 0.497 e. The lowest BCUT2D eigenvalue weighted by Gasteiger charge is -2.23. The fourth-order valence-corrected chi connectivity index (χ4v) is 2.34. The van der Waals surface area contributed by atoms with Crippen molar-refractivity contribution in [2.24, 2.45) is 0 Å². The topological polar surface area (TPSA) is 98.1 Å². The quantitative estimate of drug-likeness (QED) is 0.892. The van der Waals surface area contributed by atoms with Crippen molar-refractivity contribution in [3.8, 4) is 5.75 Å². The van der Waals surface area contributed by atoms with Crippen molar-refractivity contribution in [2.75, 3.05) is 17.7 Å². The van der Waals surface area contributed by atoms with Crippen molar-refractivity contribution < 1.29 is 14.3 Å². The molecule has 0 bridgehead atoms. The Morgan fingerprint density at radius 3 is 3.14 bits per heavy atom. The molecule has 1 aliphatic heterocycles. The van der Waals surface area contributed by atoms with Gasteiger partial charge in [-0.15, -0.1) is 10.2 Å². The first-order chi connectivity index (χ1) is 10.6. The predicted octanol–water partition coefficient (Wildman–Crippen LogP) is 1.46. The van der Waals surface area contributed by atoms with E-state index < -0.39 is 6.04 Å². The van der Waals surface area contributed by atoms with Crippen molar-refractivity contribution in [2.45, 2.75) is 12.5 Å². The Morgan fingerprint density at radius 1 is 1.55 bits per heavy atom. The molecule has 114 valence electrons. The number of rotatable bonds is 3. The summed E-state index contributed by atoms with van der Waals surface area (Å²) in [4.78, 5) is 24.1. The van der Waals surface area contributed by atoms with E-state index in [4.69, 9.17) is 16.3 Å². The highest BCUT2D eigenvalue weighted by Crippen LogP contribution is 2.29. The number of benzene rings is 1. The lowest BCUT2D eigenvalue weighted by Crippen LogP contribution is -2.35. The van der Waals surface area contributed by atoms with E-state index >= 15 is 0 Å². The summed E-state index contributed by atoms with van der Waals surface area (Å²) in [6.07, 6.45) is 1.39. The molecule has 22 heavy (non-hydrogen) atoms. The zero-order valence-corrected chi connectivity index (χ0v) is 12.3. The highest BCUT2D eigenvalue weighted by molar-refractivity contribution is 6.33. The van der Waals surface area contributed by atoms with Gasteiger partial charge in [0.05, 0.1) is 24.2 Å². The second kappa shape index (κ2) is 5.64. The van der Waals surface area contributed by atoms with Crippen LogP contribution in [0.15, 0.2) is 24.5 Å². The van der Waals surface area contributed by atoms with E-state index in [1.165, 1.54) is 18.0 Å². The number of carbonyl (C=O) groups is 2. The number of carbonyl (C=O) groups excluding carboxylic acids is 2. The van der Waals surface area contributed by atoms with E-state index in [0.29, 0.717) is 16.5 Å². The van der Waals surface area contributed by atoms with E-state index in [-0.39, 0.29) is 24.2 Å². The van der Waals surface area contributed by atoms with Crippen LogP contribution in [0, 0.1) is 0 Å². The van der Waals surface area contributed by atoms with Crippen LogP contribution < -0.4 is 15.4 Å². The van der Waals surface area contributed by atoms with Gasteiger partial charge in [-0.1, -0.05) is 11.6 Å². The van der Waals surface area contributed by atoms with Gasteiger partial charge in [0.1, 0.15) is 18.1 Å². The minimum Gasteiger partial charge on any atom is -0.497 e. The van der Waals surface area contributed by atoms with Crippen LogP contribution in [0.1, 0.15) is 12.5 Å². The van der Waals surface area contributed by atoms with E-state index in [2.05, 4.69) is 20.8 Å². The highest BCUT2D eigenvalue weighted by atomic mass is 35.5. The number of methoxy groups -OCH3 is 1. The Bertz CT molecular complexity index is 745. The average Bonchev–Trinajstić information content (AvgIpc) is 2.96. The number of nitrogens with one attached hydrogen (secondary N) is 2. The second-order valence-electron chi connectivity index (χ2n) is 4.66. The minimum absolute atomic E-state index is 0.00153. The summed E-state index contributed by atoms with van der Waals surface area (Å²) in [5.41, 5.74) is 0.409. The fraction of sp³-hybridized carbons (Fsp3) is 0.231. The maximum absolute atomic E-state index is 12.5. The third kappa shape index (κ3) is 2.60. The van der Waals surface area contributed by atoms with E-state index in [1.807, 2.05) is 0 Å². The molecule has 1 aliphatic rings. The molecule has 2 heterocycles. The van der Waals surface area contributed by atoms with Crippen LogP contribution in [-0.4, -0.2) is 33.7 Å². The van der Waals surface area contributed by atoms with Gasteiger partial charge in [0.2, 0.25) is 17.8 Å². The maximum atomic E-state index is 12.5. The number of amides is 2. The molecule has 0 unspecified atom stereocenters. The third-order valence-corrected chi connectivity index (χ3v) is 3.60. The molecule has 1 aromatic heterocycles. The SMILES string of the molecule is COc1ccc(Cl)c(NC(=O)[C@@H]2CC(=O)Nc3nncn32)c1. The van der Waals surface area contributed by atoms with Crippen molar-refractivity contribution in [1.29, 1.82) is 0 Å². The van der Waals surface area contributed by atoms with Gasteiger partial charge in [-0.05, 0) is 12.1 Å². The van der Waals surface area contributed by atoms with Crippen LogP contribution in [0.2, 0.25) is 5.02 Å². The predicted molar refractivity (Wildman–Crippen MR) is 78.9 cm³/mol. The summed E-state index contributed by atoms with van der Waals surface area (Å²) >= 11 is 6.06. The summed E-state index contributed by atoms with van der Waals surface area (Å²) in [6.45, 7) is 0. The highest BCUT2D eigenvalue weighted by Gasteiger charge is 2.31. The third-order valence-electron chi connectivity index (χ3n) is 3.27. The van der Waals surface area contributed by atoms with Gasteiger partial charge in [0, 0.05) is 6.07 Å². The molecule has 1 aromatic carbocycles. The lowest BCUT2D eigenvalue weighted by molar-refractivity contribution is -0.125. The molecule has 2 aromatic rings. The van der Waals surface area contributed by atoms with Crippen LogP contribution >= 0.6 is 11.6 Å². The summed E-state index contributed by atoms with van der Waals surface area (Å²) in [6, 6.07) is 4.18. The smallest absolute Gasteiger partial charge is 0.248 e. The van der Waals surface area contributed by atoms with Gasteiger partial charge in [-0.2, -0.15) is 0 Å². The second-order valence-corrected chi connectivity index (χ2v) is 5.07. The van der Waals surface area contributed by atoms with Gasteiger partial charge in [0.15, 0.2) is 0 Å². The Morgan fingerprint density at radius 2 is 2.36 bits per heavy atom. The monoisotopic (exact) mass is 321 g/mol. The summed E-state index contributed by atoms with van der Waals surface area (Å²) in [7, 11) is 1.52. The van der Waals surface area contributed by atoms with E-state index in [9.17, 15) is 9.59 Å². The number of nitrogens with zero attached hydrogens (tertiary/aromatic N) is 3. The Hall–Kier alpha value is -2.61. The fourth-order valence-electron chi connectivity index (χ4n) is 2.17. The molecule has 0 spiro atoms. The molecular formula is C13H12ClN5O3. The van der Waals surface area contributed by atoms with Gasteiger partial charge < -0.3 is 10.1 Å². The normalized spacial score (nSPS) is 16.6. The van der Waals surface area contributed by atoms with Crippen LogP contribution in [-0.2, 0) is 9.59 Å². The number of halogens is 1. The molecule has 0 saturated heterocycles. The molecule has 9 heteroatoms. The number of hydrogen-bond donors (Lipinski definition) is 2. The molecule has 0 fully saturated rings. The van der Waals surface area contributed by atoms with Crippen molar-refractivity contribution in [3.63, 3.8) is 0 Å². The van der Waals surface area contributed by atoms with Crippen LogP contribution in [0.25, 0.3) is 0 Å². The van der Waals surface area contributed by atoms with Gasteiger partial charge in [-0.25, -0.2) is 0 Å². The van der Waals surface area contributed by atoms with Crippen LogP contribution in [0.5, 0.6) is 5.75 Å². The molecule has 0 saturated carbocycles. The van der Waals surface area contributed by atoms with Gasteiger partial charge in [-0.3, -0.25) is 19.5 Å². The van der Waals surface area contributed by atoms with Crippen molar-refractivity contribution >= 4 is 35.1 Å². The first-order valence-electron chi connectivity index (χ1n) is 6.42. The number of aromatic nitrogens is 3. The molecule has 2 N–H and O–H groups in total.